The molecular formula is C56H58N6O17. The van der Waals surface area contributed by atoms with Crippen molar-refractivity contribution in [2.45, 2.75) is 119 Å². The molecule has 0 aliphatic carbocycles. The fraction of sp³-hybridized carbons (Fsp3) is 0.393. The van der Waals surface area contributed by atoms with Crippen molar-refractivity contribution in [1.29, 1.82) is 0 Å². The third-order valence-corrected chi connectivity index (χ3v) is 13.2. The Morgan fingerprint density at radius 2 is 0.987 bits per heavy atom. The summed E-state index contributed by atoms with van der Waals surface area (Å²) in [7, 11) is 2.39. The van der Waals surface area contributed by atoms with Gasteiger partial charge in [-0.1, -0.05) is 132 Å². The van der Waals surface area contributed by atoms with Gasteiger partial charge in [0.25, 0.3) is 0 Å². The first kappa shape index (κ1) is 57.4. The van der Waals surface area contributed by atoms with E-state index in [1.54, 1.807) is 128 Å². The maximum atomic E-state index is 14.5. The Bertz CT molecular complexity index is 2870. The Labute approximate surface area is 453 Å². The first-order valence-corrected chi connectivity index (χ1v) is 25.2. The first-order chi connectivity index (χ1) is 38.5. The number of benzene rings is 5. The molecule has 23 heteroatoms. The topological polar surface area (TPSA) is 297 Å². The zero-order valence-corrected chi connectivity index (χ0v) is 43.1. The molecule has 5 aromatic carbocycles. The molecule has 0 aromatic heterocycles. The quantitative estimate of drug-likeness (QED) is 0.0233. The molecule has 5 aromatic rings. The van der Waals surface area contributed by atoms with Gasteiger partial charge in [0.2, 0.25) is 0 Å². The summed E-state index contributed by atoms with van der Waals surface area (Å²) < 4.78 is 75.5. The van der Waals surface area contributed by atoms with Gasteiger partial charge in [-0.05, 0) is 65.0 Å². The molecule has 0 spiro atoms. The Morgan fingerprint density at radius 1 is 0.532 bits per heavy atom. The summed E-state index contributed by atoms with van der Waals surface area (Å²) in [5.74, 6) is -3.61. The molecule has 414 valence electrons. The number of aliphatic hydroxyl groups excluding tert-OH is 1. The molecule has 3 aliphatic rings. The van der Waals surface area contributed by atoms with Gasteiger partial charge in [0.15, 0.2) is 31.1 Å². The van der Waals surface area contributed by atoms with E-state index in [1.807, 2.05) is 6.07 Å². The molecule has 3 aliphatic heterocycles. The molecule has 6 unspecified atom stereocenters. The van der Waals surface area contributed by atoms with Gasteiger partial charge < -0.3 is 61.9 Å². The summed E-state index contributed by atoms with van der Waals surface area (Å²) in [5, 5.41) is 19.6. The van der Waals surface area contributed by atoms with Crippen molar-refractivity contribution in [3.05, 3.63) is 200 Å². The van der Waals surface area contributed by atoms with Gasteiger partial charge >= 0.3 is 23.9 Å². The van der Waals surface area contributed by atoms with Crippen molar-refractivity contribution in [3.8, 4) is 0 Å². The number of aliphatic hydroxyl groups is 1. The van der Waals surface area contributed by atoms with Crippen molar-refractivity contribution in [2.24, 2.45) is 10.2 Å². The summed E-state index contributed by atoms with van der Waals surface area (Å²) in [6.07, 6.45) is -20.4. The summed E-state index contributed by atoms with van der Waals surface area (Å²) in [4.78, 5) is 62.2. The minimum atomic E-state index is -1.91. The van der Waals surface area contributed by atoms with Gasteiger partial charge in [-0.15, -0.1) is 0 Å². The lowest BCUT2D eigenvalue weighted by Crippen LogP contribution is -2.68. The highest BCUT2D eigenvalue weighted by Gasteiger charge is 2.59. The molecule has 0 saturated carbocycles. The highest BCUT2D eigenvalue weighted by atomic mass is 16.8. The minimum absolute atomic E-state index is 0.0691. The normalized spacial score (nSPS) is 28.4. The number of ether oxygens (including phenoxy) is 12. The summed E-state index contributed by atoms with van der Waals surface area (Å²) >= 11 is 0. The average Bonchev–Trinajstić information content (AvgIpc) is 3.60. The van der Waals surface area contributed by atoms with Crippen molar-refractivity contribution in [2.75, 3.05) is 20.8 Å². The van der Waals surface area contributed by atoms with Crippen molar-refractivity contribution >= 4 is 23.9 Å². The van der Waals surface area contributed by atoms with Crippen LogP contribution in [0.4, 0.5) is 0 Å². The number of hydrogen-bond donors (Lipinski definition) is 1. The number of methoxy groups -OCH3 is 2. The molecule has 0 amide bonds. The van der Waals surface area contributed by atoms with Crippen molar-refractivity contribution < 1.29 is 81.1 Å². The third kappa shape index (κ3) is 14.3. The van der Waals surface area contributed by atoms with E-state index in [0.29, 0.717) is 11.1 Å². The van der Waals surface area contributed by atoms with Crippen LogP contribution < -0.4 is 0 Å². The molecule has 8 rings (SSSR count). The van der Waals surface area contributed by atoms with Gasteiger partial charge in [-0.3, -0.25) is 0 Å². The number of azide groups is 2. The van der Waals surface area contributed by atoms with Crippen LogP contribution in [0.2, 0.25) is 0 Å². The van der Waals surface area contributed by atoms with Crippen LogP contribution in [0.15, 0.2) is 162 Å². The number of rotatable bonds is 22. The maximum absolute atomic E-state index is 14.5. The van der Waals surface area contributed by atoms with Gasteiger partial charge in [-0.25, -0.2) is 19.2 Å². The van der Waals surface area contributed by atoms with E-state index >= 15 is 0 Å². The van der Waals surface area contributed by atoms with E-state index in [1.165, 1.54) is 31.4 Å². The largest absolute Gasteiger partial charge is 0.467 e. The minimum Gasteiger partial charge on any atom is -0.467 e. The number of carbonyl (C=O) groups is 4. The number of esters is 4. The van der Waals surface area contributed by atoms with Crippen LogP contribution in [-0.4, -0.2) is 142 Å². The summed E-state index contributed by atoms with van der Waals surface area (Å²) in [5.41, 5.74) is 21.7. The number of hydrogen-bond acceptors (Lipinski definition) is 19. The Morgan fingerprint density at radius 3 is 1.48 bits per heavy atom. The van der Waals surface area contributed by atoms with Crippen LogP contribution in [0.1, 0.15) is 55.5 Å². The van der Waals surface area contributed by atoms with Gasteiger partial charge in [-0.2, -0.15) is 0 Å². The molecule has 3 fully saturated rings. The summed E-state index contributed by atoms with van der Waals surface area (Å²) in [6.45, 7) is 0.825. The predicted molar refractivity (Wildman–Crippen MR) is 275 cm³/mol. The van der Waals surface area contributed by atoms with E-state index in [2.05, 4.69) is 20.1 Å². The Balaban J connectivity index is 1.24. The van der Waals surface area contributed by atoms with E-state index in [0.717, 1.165) is 7.11 Å². The lowest BCUT2D eigenvalue weighted by atomic mass is 9.93. The van der Waals surface area contributed by atoms with E-state index < -0.39 is 122 Å². The molecule has 0 radical (unpaired) electrons. The number of carbonyl (C=O) groups excluding carboxylic acids is 4. The second kappa shape index (κ2) is 28.2. The third-order valence-electron chi connectivity index (χ3n) is 13.2. The SMILES string of the molecule is CCC1O[C@@H](O[C@H]2C(C(=O)OC)O[C@@H](O[C@H]3C(COC(=O)c4ccccc4)O[C@@H](OC)[C@H](N=[N+]=[N-])C3OCc3ccccc3)C(OC(=O)c3ccccc3)[C@@H]2OCc2ccccc2)[C@H](N=[N+]=[N-])C(OC(=O)c2ccccc2)[C@H]1O. The zero-order chi connectivity index (χ0) is 55.7. The van der Waals surface area contributed by atoms with Crippen LogP contribution >= 0.6 is 0 Å². The Hall–Kier alpha value is -7.76. The van der Waals surface area contributed by atoms with E-state index in [-0.39, 0.29) is 36.3 Å². The highest BCUT2D eigenvalue weighted by Crippen LogP contribution is 2.39. The van der Waals surface area contributed by atoms with E-state index in [9.17, 15) is 35.3 Å². The Kier molecular flexibility index (Phi) is 20.5. The molecule has 23 nitrogen and oxygen atoms in total. The molecule has 79 heavy (non-hydrogen) atoms. The first-order valence-electron chi connectivity index (χ1n) is 25.2. The fourth-order valence-electron chi connectivity index (χ4n) is 9.31. The molecule has 3 saturated heterocycles. The van der Waals surface area contributed by atoms with Crippen LogP contribution in [-0.2, 0) is 74.9 Å². The lowest BCUT2D eigenvalue weighted by molar-refractivity contribution is -0.365. The molecule has 0 bridgehead atoms. The predicted octanol–water partition coefficient (Wildman–Crippen LogP) is 7.36. The summed E-state index contributed by atoms with van der Waals surface area (Å²) in [6, 6.07) is 38.8. The van der Waals surface area contributed by atoms with Crippen LogP contribution in [0.25, 0.3) is 20.9 Å². The lowest BCUT2D eigenvalue weighted by Gasteiger charge is -2.50. The molecule has 3 heterocycles. The molecule has 15 atom stereocenters. The monoisotopic (exact) mass is 1090 g/mol. The number of nitrogens with zero attached hydrogens (tertiary/aromatic N) is 6. The molecular weight excluding hydrogens is 1030 g/mol. The van der Waals surface area contributed by atoms with Gasteiger partial charge in [0.1, 0.15) is 61.4 Å². The van der Waals surface area contributed by atoms with Crippen LogP contribution in [0.3, 0.4) is 0 Å². The van der Waals surface area contributed by atoms with Crippen LogP contribution in [0, 0.1) is 0 Å². The van der Waals surface area contributed by atoms with Crippen LogP contribution in [0.5, 0.6) is 0 Å². The molecule has 1 N–H and O–H groups in total. The van der Waals surface area contributed by atoms with Gasteiger partial charge in [0.05, 0.1) is 43.1 Å². The fourth-order valence-corrected chi connectivity index (χ4v) is 9.31. The average molecular weight is 1090 g/mol. The smallest absolute Gasteiger partial charge is 0.338 e. The van der Waals surface area contributed by atoms with Gasteiger partial charge in [0, 0.05) is 16.9 Å². The second-order valence-electron chi connectivity index (χ2n) is 18.2. The standard InChI is InChI=1S/C56H58N6O17/c1-4-38-42(63)44(75-51(65)36-26-16-8-17-27-36)40(59-61-57)55(73-38)78-47-46(71-31-34-22-12-6-13-23-34)49(76-52(66)37-28-18-9-19-29-37)56(79-48(47)53(67)68-2)77-43-39(32-72-50(64)35-24-14-7-15-25-35)74-54(69-3)41(60-62-58)45(43)70-30-33-20-10-5-11-21-33/h5-29,38-49,54-56,63H,4,30-32H2,1-3H3/t38?,39?,40-,41-,42+,43+,44?,45?,46-,47-,48?,49?,54-,55+,56-/m1/s1. The maximum Gasteiger partial charge on any atom is 0.338 e. The van der Waals surface area contributed by atoms with Crippen molar-refractivity contribution in [1.82, 2.24) is 0 Å². The van der Waals surface area contributed by atoms with E-state index in [4.69, 9.17) is 56.8 Å². The van der Waals surface area contributed by atoms with Crippen molar-refractivity contribution in [3.63, 3.8) is 0 Å². The zero-order valence-electron chi connectivity index (χ0n) is 43.1. The second-order valence-corrected chi connectivity index (χ2v) is 18.2. The highest BCUT2D eigenvalue weighted by molar-refractivity contribution is 5.90.